The van der Waals surface area contributed by atoms with Gasteiger partial charge in [0.15, 0.2) is 0 Å². The summed E-state index contributed by atoms with van der Waals surface area (Å²) in [5, 5.41) is 1.10. The van der Waals surface area contributed by atoms with E-state index in [-0.39, 0.29) is 5.56 Å². The lowest BCUT2D eigenvalue weighted by molar-refractivity contribution is -0.274. The molecule has 0 bridgehead atoms. The van der Waals surface area contributed by atoms with Crippen molar-refractivity contribution < 1.29 is 31.1 Å². The molecule has 0 aliphatic carbocycles. The molecule has 96 valence electrons. The van der Waals surface area contributed by atoms with E-state index in [0.717, 1.165) is 17.4 Å². The van der Waals surface area contributed by atoms with E-state index in [0.29, 0.717) is 6.07 Å². The first-order valence-corrected chi connectivity index (χ1v) is 4.27. The molecule has 2 nitrogen and oxygen atoms in total. The van der Waals surface area contributed by atoms with E-state index in [9.17, 15) is 26.3 Å². The van der Waals surface area contributed by atoms with E-state index >= 15 is 0 Å². The molecule has 1 N–H and O–H groups in total. The van der Waals surface area contributed by atoms with Crippen LogP contribution in [0.3, 0.4) is 0 Å². The first kappa shape index (κ1) is 13.5. The summed E-state index contributed by atoms with van der Waals surface area (Å²) in [5.41, 5.74) is -0.310. The molecular weight excluding hydrogens is 252 g/mol. The number of alkyl halides is 6. The maximum atomic E-state index is 12.0. The molecule has 0 unspecified atom stereocenters. The Morgan fingerprint density at radius 3 is 2.06 bits per heavy atom. The van der Waals surface area contributed by atoms with Crippen molar-refractivity contribution in [1.82, 2.24) is 0 Å². The molecule has 0 aromatic heterocycles. The van der Waals surface area contributed by atoms with Gasteiger partial charge in [-0.05, 0) is 24.6 Å². The lowest BCUT2D eigenvalue weighted by Crippen LogP contribution is -2.21. The number of hydrogen-bond donors (Lipinski definition) is 1. The van der Waals surface area contributed by atoms with E-state index in [4.69, 9.17) is 0 Å². The summed E-state index contributed by atoms with van der Waals surface area (Å²) in [6, 6.07) is 2.65. The number of ether oxygens (including phenoxy) is 1. The van der Waals surface area contributed by atoms with Gasteiger partial charge < -0.3 is 4.74 Å². The van der Waals surface area contributed by atoms with Crippen LogP contribution >= 0.6 is 0 Å². The summed E-state index contributed by atoms with van der Waals surface area (Å²) in [6.07, 6.45) is -9.66. The minimum atomic E-state index is -4.94. The van der Waals surface area contributed by atoms with Crippen molar-refractivity contribution in [2.45, 2.75) is 19.6 Å². The highest BCUT2D eigenvalue weighted by molar-refractivity contribution is 5.51. The average Bonchev–Trinajstić information content (AvgIpc) is 1.93. The van der Waals surface area contributed by atoms with E-state index < -0.39 is 24.1 Å². The molecule has 0 saturated carbocycles. The minimum absolute atomic E-state index is 0.207. The van der Waals surface area contributed by atoms with E-state index in [1.54, 1.807) is 0 Å². The van der Waals surface area contributed by atoms with Gasteiger partial charge in [0.2, 0.25) is 0 Å². The van der Waals surface area contributed by atoms with E-state index in [2.05, 4.69) is 4.74 Å². The summed E-state index contributed by atoms with van der Waals surface area (Å²) >= 11 is 0. The number of hydrogen-bond acceptors (Lipinski definition) is 2. The SMILES string of the molecule is Cc1cc(NC(F)(F)F)cc(OC(F)(F)F)c1. The van der Waals surface area contributed by atoms with Crippen molar-refractivity contribution in [2.75, 3.05) is 5.32 Å². The van der Waals surface area contributed by atoms with Gasteiger partial charge in [0.05, 0.1) is 0 Å². The van der Waals surface area contributed by atoms with Crippen molar-refractivity contribution >= 4 is 5.69 Å². The number of anilines is 1. The first-order valence-electron chi connectivity index (χ1n) is 4.27. The van der Waals surface area contributed by atoms with Gasteiger partial charge in [-0.25, -0.2) is 0 Å². The summed E-state index contributed by atoms with van der Waals surface area (Å²) in [7, 11) is 0. The zero-order valence-corrected chi connectivity index (χ0v) is 8.41. The molecule has 0 spiro atoms. The van der Waals surface area contributed by atoms with Crippen LogP contribution in [0.5, 0.6) is 5.75 Å². The highest BCUT2D eigenvalue weighted by Gasteiger charge is 2.32. The number of aryl methyl sites for hydroxylation is 1. The molecule has 0 aliphatic heterocycles. The molecule has 17 heavy (non-hydrogen) atoms. The summed E-state index contributed by atoms with van der Waals surface area (Å²) in [4.78, 5) is 0. The Hall–Kier alpha value is -1.60. The van der Waals surface area contributed by atoms with Gasteiger partial charge in [-0.2, -0.15) is 13.2 Å². The molecule has 0 heterocycles. The molecule has 8 heteroatoms. The smallest absolute Gasteiger partial charge is 0.406 e. The standard InChI is InChI=1S/C9H7F6NO/c1-5-2-6(16-8(10,11)12)4-7(3-5)17-9(13,14)15/h2-4,16H,1H3. The number of rotatable bonds is 2. The Balaban J connectivity index is 2.95. The normalized spacial score (nSPS) is 12.4. The molecular formula is C9H7F6NO. The second-order valence-corrected chi connectivity index (χ2v) is 3.21. The monoisotopic (exact) mass is 259 g/mol. The topological polar surface area (TPSA) is 21.3 Å². The van der Waals surface area contributed by atoms with Crippen LogP contribution in [-0.4, -0.2) is 12.7 Å². The zero-order chi connectivity index (χ0) is 13.3. The third kappa shape index (κ3) is 5.32. The molecule has 0 radical (unpaired) electrons. The van der Waals surface area contributed by atoms with Crippen LogP contribution < -0.4 is 10.1 Å². The Morgan fingerprint density at radius 1 is 1.00 bits per heavy atom. The fraction of sp³-hybridized carbons (Fsp3) is 0.333. The maximum absolute atomic E-state index is 12.0. The van der Waals surface area contributed by atoms with Crippen LogP contribution in [0.4, 0.5) is 32.0 Å². The van der Waals surface area contributed by atoms with Gasteiger partial charge in [-0.15, -0.1) is 13.2 Å². The molecule has 1 aromatic rings. The first-order chi connectivity index (χ1) is 7.55. The molecule has 1 rings (SSSR count). The number of halogens is 6. The second kappa shape index (κ2) is 4.34. The van der Waals surface area contributed by atoms with Crippen LogP contribution in [0.2, 0.25) is 0 Å². The lowest BCUT2D eigenvalue weighted by atomic mass is 10.2. The Bertz CT molecular complexity index is 363. The zero-order valence-electron chi connectivity index (χ0n) is 8.41. The molecule has 1 aromatic carbocycles. The van der Waals surface area contributed by atoms with Gasteiger partial charge in [0.25, 0.3) is 0 Å². The van der Waals surface area contributed by atoms with E-state index in [1.807, 2.05) is 0 Å². The minimum Gasteiger partial charge on any atom is -0.406 e. The highest BCUT2D eigenvalue weighted by atomic mass is 19.4. The van der Waals surface area contributed by atoms with Crippen molar-refractivity contribution in [1.29, 1.82) is 0 Å². The molecule has 0 atom stereocenters. The van der Waals surface area contributed by atoms with Crippen molar-refractivity contribution in [3.8, 4) is 5.75 Å². The summed E-state index contributed by atoms with van der Waals surface area (Å²) in [5.74, 6) is -0.704. The van der Waals surface area contributed by atoms with E-state index in [1.165, 1.54) is 6.92 Å². The van der Waals surface area contributed by atoms with Gasteiger partial charge in [-0.1, -0.05) is 0 Å². The fourth-order valence-corrected chi connectivity index (χ4v) is 1.18. The van der Waals surface area contributed by atoms with Crippen molar-refractivity contribution in [3.63, 3.8) is 0 Å². The summed E-state index contributed by atoms with van der Waals surface area (Å²) < 4.78 is 75.1. The molecule has 0 saturated heterocycles. The van der Waals surface area contributed by atoms with Gasteiger partial charge in [-0.3, -0.25) is 5.32 Å². The summed E-state index contributed by atoms with van der Waals surface area (Å²) in [6.45, 7) is 1.35. The van der Waals surface area contributed by atoms with Crippen LogP contribution in [0, 0.1) is 6.92 Å². The third-order valence-corrected chi connectivity index (χ3v) is 1.57. The van der Waals surface area contributed by atoms with Gasteiger partial charge >= 0.3 is 12.7 Å². The van der Waals surface area contributed by atoms with Crippen molar-refractivity contribution in [2.24, 2.45) is 0 Å². The second-order valence-electron chi connectivity index (χ2n) is 3.21. The highest BCUT2D eigenvalue weighted by Crippen LogP contribution is 2.29. The van der Waals surface area contributed by atoms with Gasteiger partial charge in [0.1, 0.15) is 5.75 Å². The van der Waals surface area contributed by atoms with Gasteiger partial charge in [0, 0.05) is 11.8 Å². The number of nitrogens with one attached hydrogen (secondary N) is 1. The predicted molar refractivity (Wildman–Crippen MR) is 47.5 cm³/mol. The van der Waals surface area contributed by atoms with Crippen LogP contribution in [0.1, 0.15) is 5.56 Å². The fourth-order valence-electron chi connectivity index (χ4n) is 1.18. The quantitative estimate of drug-likeness (QED) is 0.643. The Morgan fingerprint density at radius 2 is 1.59 bits per heavy atom. The Labute approximate surface area is 92.2 Å². The third-order valence-electron chi connectivity index (χ3n) is 1.57. The largest absolute Gasteiger partial charge is 0.573 e. The molecule has 0 aliphatic rings. The molecule has 0 amide bonds. The van der Waals surface area contributed by atoms with Crippen LogP contribution in [-0.2, 0) is 0 Å². The lowest BCUT2D eigenvalue weighted by Gasteiger charge is -2.14. The average molecular weight is 259 g/mol. The van der Waals surface area contributed by atoms with Crippen LogP contribution in [0.15, 0.2) is 18.2 Å². The Kier molecular flexibility index (Phi) is 3.44. The number of benzene rings is 1. The predicted octanol–water partition coefficient (Wildman–Crippen LogP) is 3.83. The van der Waals surface area contributed by atoms with Crippen LogP contribution in [0.25, 0.3) is 0 Å². The maximum Gasteiger partial charge on any atom is 0.573 e. The van der Waals surface area contributed by atoms with Crippen molar-refractivity contribution in [3.05, 3.63) is 23.8 Å². The molecule has 0 fully saturated rings.